The third-order valence-electron chi connectivity index (χ3n) is 2.87. The highest BCUT2D eigenvalue weighted by atomic mass is 16.6. The van der Waals surface area contributed by atoms with Gasteiger partial charge in [0.1, 0.15) is 12.2 Å². The summed E-state index contributed by atoms with van der Waals surface area (Å²) >= 11 is 0. The lowest BCUT2D eigenvalue weighted by atomic mass is 9.87. The topological polar surface area (TPSA) is 88.4 Å². The number of hydrogen-bond acceptors (Lipinski definition) is 6. The molecule has 0 spiro atoms. The fourth-order valence-corrected chi connectivity index (χ4v) is 1.98. The van der Waals surface area contributed by atoms with Crippen molar-refractivity contribution >= 4 is 0 Å². The highest BCUT2D eigenvalue weighted by Crippen LogP contribution is 2.26. The molecule has 0 radical (unpaired) electrons. The molecule has 1 saturated heterocycles. The molecule has 6 nitrogen and oxygen atoms in total. The van der Waals surface area contributed by atoms with Gasteiger partial charge in [0.25, 0.3) is 0 Å². The first-order valence-corrected chi connectivity index (χ1v) is 5.26. The second-order valence-electron chi connectivity index (χ2n) is 3.95. The Morgan fingerprint density at radius 2 is 1.62 bits per heavy atom. The third kappa shape index (κ3) is 2.91. The molecule has 5 unspecified atom stereocenters. The van der Waals surface area contributed by atoms with Crippen LogP contribution in [0, 0.1) is 5.92 Å². The lowest BCUT2D eigenvalue weighted by Gasteiger charge is -2.41. The molecule has 3 N–H and O–H groups in total. The Balaban J connectivity index is 2.68. The van der Waals surface area contributed by atoms with Gasteiger partial charge in [0.05, 0.1) is 32.0 Å². The standard InChI is InChI=1S/C10H20O6/c1-14-4-6-7(3-11)16-8(5-15-2)10(13)9(6)12/h6-13H,3-5H2,1-2H3. The summed E-state index contributed by atoms with van der Waals surface area (Å²) < 4.78 is 15.3. The van der Waals surface area contributed by atoms with Gasteiger partial charge in [-0.2, -0.15) is 0 Å². The maximum Gasteiger partial charge on any atom is 0.110 e. The Hall–Kier alpha value is -0.240. The van der Waals surface area contributed by atoms with E-state index in [1.807, 2.05) is 0 Å². The Bertz CT molecular complexity index is 198. The molecule has 0 aromatic carbocycles. The van der Waals surface area contributed by atoms with Gasteiger partial charge >= 0.3 is 0 Å². The minimum absolute atomic E-state index is 0.175. The zero-order valence-electron chi connectivity index (χ0n) is 9.57. The largest absolute Gasteiger partial charge is 0.394 e. The zero-order valence-corrected chi connectivity index (χ0v) is 9.57. The molecule has 0 bridgehead atoms. The lowest BCUT2D eigenvalue weighted by Crippen LogP contribution is -2.57. The number of aliphatic hydroxyl groups excluding tert-OH is 3. The first-order chi connectivity index (χ1) is 7.65. The second kappa shape index (κ2) is 6.48. The van der Waals surface area contributed by atoms with Crippen LogP contribution in [0.15, 0.2) is 0 Å². The average Bonchev–Trinajstić information content (AvgIpc) is 2.29. The van der Waals surface area contributed by atoms with Crippen molar-refractivity contribution < 1.29 is 29.5 Å². The first kappa shape index (κ1) is 13.8. The molecule has 5 atom stereocenters. The Morgan fingerprint density at radius 3 is 2.12 bits per heavy atom. The number of hydrogen-bond donors (Lipinski definition) is 3. The van der Waals surface area contributed by atoms with Gasteiger partial charge in [-0.05, 0) is 0 Å². The summed E-state index contributed by atoms with van der Waals surface area (Å²) in [5.74, 6) is -0.432. The molecule has 0 aromatic heterocycles. The summed E-state index contributed by atoms with van der Waals surface area (Å²) in [5, 5.41) is 28.8. The maximum absolute atomic E-state index is 9.89. The van der Waals surface area contributed by atoms with Crippen LogP contribution >= 0.6 is 0 Å². The van der Waals surface area contributed by atoms with E-state index in [1.54, 1.807) is 0 Å². The van der Waals surface area contributed by atoms with Crippen LogP contribution in [0.5, 0.6) is 0 Å². The molecular formula is C10H20O6. The summed E-state index contributed by atoms with van der Waals surface area (Å²) in [6, 6.07) is 0. The van der Waals surface area contributed by atoms with Gasteiger partial charge in [-0.25, -0.2) is 0 Å². The quantitative estimate of drug-likeness (QED) is 0.531. The van der Waals surface area contributed by atoms with Gasteiger partial charge in [0, 0.05) is 20.1 Å². The normalized spacial score (nSPS) is 39.9. The van der Waals surface area contributed by atoms with E-state index in [1.165, 1.54) is 14.2 Å². The summed E-state index contributed by atoms with van der Waals surface area (Å²) in [5.41, 5.74) is 0. The predicted molar refractivity (Wildman–Crippen MR) is 55.0 cm³/mol. The fourth-order valence-electron chi connectivity index (χ4n) is 1.98. The monoisotopic (exact) mass is 236 g/mol. The third-order valence-corrected chi connectivity index (χ3v) is 2.87. The van der Waals surface area contributed by atoms with E-state index in [9.17, 15) is 10.2 Å². The molecule has 1 fully saturated rings. The molecule has 0 aliphatic carbocycles. The molecule has 16 heavy (non-hydrogen) atoms. The SMILES string of the molecule is COCC1OC(CO)C(COC)C(O)C1O. The van der Waals surface area contributed by atoms with Crippen LogP contribution in [-0.2, 0) is 14.2 Å². The van der Waals surface area contributed by atoms with E-state index in [2.05, 4.69) is 0 Å². The highest BCUT2D eigenvalue weighted by Gasteiger charge is 2.43. The fraction of sp³-hybridized carbons (Fsp3) is 1.00. The van der Waals surface area contributed by atoms with Crippen molar-refractivity contribution in [2.45, 2.75) is 24.4 Å². The molecule has 1 rings (SSSR count). The van der Waals surface area contributed by atoms with E-state index in [0.717, 1.165) is 0 Å². The second-order valence-corrected chi connectivity index (χ2v) is 3.95. The summed E-state index contributed by atoms with van der Waals surface area (Å²) in [6.45, 7) is 0.176. The van der Waals surface area contributed by atoms with Gasteiger partial charge in [-0.3, -0.25) is 0 Å². The lowest BCUT2D eigenvalue weighted by molar-refractivity contribution is -0.225. The maximum atomic E-state index is 9.89. The molecule has 0 aromatic rings. The molecule has 0 amide bonds. The minimum atomic E-state index is -1.03. The van der Waals surface area contributed by atoms with Crippen molar-refractivity contribution in [2.24, 2.45) is 5.92 Å². The summed E-state index contributed by atoms with van der Waals surface area (Å²) in [6.07, 6.45) is -3.17. The minimum Gasteiger partial charge on any atom is -0.394 e. The van der Waals surface area contributed by atoms with Crippen LogP contribution in [0.25, 0.3) is 0 Å². The average molecular weight is 236 g/mol. The van der Waals surface area contributed by atoms with Crippen molar-refractivity contribution in [2.75, 3.05) is 34.0 Å². The molecular weight excluding hydrogens is 216 g/mol. The molecule has 1 aliphatic rings. The molecule has 96 valence electrons. The smallest absolute Gasteiger partial charge is 0.110 e. The number of methoxy groups -OCH3 is 2. The molecule has 1 heterocycles. The molecule has 1 aliphatic heterocycles. The Morgan fingerprint density at radius 1 is 1.00 bits per heavy atom. The van der Waals surface area contributed by atoms with Crippen molar-refractivity contribution in [3.05, 3.63) is 0 Å². The summed E-state index contributed by atoms with van der Waals surface area (Å²) in [7, 11) is 2.98. The summed E-state index contributed by atoms with van der Waals surface area (Å²) in [4.78, 5) is 0. The van der Waals surface area contributed by atoms with Crippen LogP contribution < -0.4 is 0 Å². The van der Waals surface area contributed by atoms with Crippen LogP contribution in [0.4, 0.5) is 0 Å². The number of aliphatic hydroxyl groups is 3. The van der Waals surface area contributed by atoms with Crippen molar-refractivity contribution in [1.82, 2.24) is 0 Å². The van der Waals surface area contributed by atoms with Gasteiger partial charge in [-0.1, -0.05) is 0 Å². The van der Waals surface area contributed by atoms with Gasteiger partial charge in [0.2, 0.25) is 0 Å². The number of ether oxygens (including phenoxy) is 3. The van der Waals surface area contributed by atoms with Crippen LogP contribution in [0.3, 0.4) is 0 Å². The van der Waals surface area contributed by atoms with Crippen molar-refractivity contribution in [3.63, 3.8) is 0 Å². The predicted octanol–water partition coefficient (Wildman–Crippen LogP) is -1.62. The van der Waals surface area contributed by atoms with Crippen molar-refractivity contribution in [3.8, 4) is 0 Å². The molecule has 6 heteroatoms. The van der Waals surface area contributed by atoms with Gasteiger partial charge in [0.15, 0.2) is 0 Å². The number of rotatable bonds is 5. The van der Waals surface area contributed by atoms with E-state index in [-0.39, 0.29) is 19.8 Å². The van der Waals surface area contributed by atoms with E-state index >= 15 is 0 Å². The first-order valence-electron chi connectivity index (χ1n) is 5.26. The van der Waals surface area contributed by atoms with Crippen molar-refractivity contribution in [1.29, 1.82) is 0 Å². The van der Waals surface area contributed by atoms with E-state index in [0.29, 0.717) is 0 Å². The van der Waals surface area contributed by atoms with Crippen LogP contribution in [0.1, 0.15) is 0 Å². The Kier molecular flexibility index (Phi) is 5.60. The Labute approximate surface area is 94.7 Å². The highest BCUT2D eigenvalue weighted by molar-refractivity contribution is 4.91. The van der Waals surface area contributed by atoms with E-state index < -0.39 is 30.3 Å². The van der Waals surface area contributed by atoms with Crippen LogP contribution in [0.2, 0.25) is 0 Å². The van der Waals surface area contributed by atoms with Gasteiger partial charge < -0.3 is 29.5 Å². The van der Waals surface area contributed by atoms with Gasteiger partial charge in [-0.15, -0.1) is 0 Å². The zero-order chi connectivity index (χ0) is 12.1. The van der Waals surface area contributed by atoms with E-state index in [4.69, 9.17) is 19.3 Å². The molecule has 0 saturated carbocycles. The van der Waals surface area contributed by atoms with Crippen LogP contribution in [-0.4, -0.2) is 73.8 Å².